The van der Waals surface area contributed by atoms with Crippen LogP contribution in [-0.2, 0) is 140 Å². The number of benzene rings is 1. The van der Waals surface area contributed by atoms with Crippen molar-refractivity contribution < 1.29 is 164 Å². The molecule has 1 aliphatic carbocycles. The highest BCUT2D eigenvalue weighted by Crippen LogP contribution is 2.35. The Morgan fingerprint density at radius 1 is 0.545 bits per heavy atom. The van der Waals surface area contributed by atoms with Gasteiger partial charge in [-0.05, 0) is 134 Å². The maximum atomic E-state index is 14.5. The van der Waals surface area contributed by atoms with E-state index in [4.69, 9.17) is 86.7 Å². The number of ether oxygens (including phenoxy) is 14. The number of imide groups is 1. The molecule has 0 spiro atoms. The Bertz CT molecular complexity index is 3820. The summed E-state index contributed by atoms with van der Waals surface area (Å²) in [5.74, 6) is -5.19. The summed E-state index contributed by atoms with van der Waals surface area (Å²) >= 11 is 1.37. The molecule has 2 heterocycles. The van der Waals surface area contributed by atoms with Crippen molar-refractivity contribution in [1.29, 1.82) is 0 Å². The third kappa shape index (κ3) is 52.8. The number of Topliss-reactive ketones (excluding diaryl/α,β-unsaturated/α-hetero) is 1. The third-order valence-electron chi connectivity index (χ3n) is 25.5. The Morgan fingerprint density at radius 3 is 1.45 bits per heavy atom. The van der Waals surface area contributed by atoms with Gasteiger partial charge in [-0.3, -0.25) is 72.1 Å². The first-order valence-electron chi connectivity index (χ1n) is 51.1. The van der Waals surface area contributed by atoms with Gasteiger partial charge in [-0.15, -0.1) is 11.8 Å². The topological polar surface area (TPSA) is 551 Å². The molecule has 42 nitrogen and oxygen atoms in total. The number of likely N-dealkylation sites (N-methyl/N-ethyl adjacent to an activating group) is 2. The highest BCUT2D eigenvalue weighted by Gasteiger charge is 2.46. The van der Waals surface area contributed by atoms with E-state index in [-0.39, 0.29) is 213 Å². The predicted octanol–water partition coefficient (Wildman–Crippen LogP) is 6.39. The zero-order chi connectivity index (χ0) is 109. The lowest BCUT2D eigenvalue weighted by atomic mass is 9.79. The van der Waals surface area contributed by atoms with Crippen molar-refractivity contribution in [1.82, 2.24) is 40.9 Å². The molecular weight excluding hydrogens is 1910 g/mol. The first kappa shape index (κ1) is 135. The third-order valence-corrected chi connectivity index (χ3v) is 26.7. The predicted molar refractivity (Wildman–Crippen MR) is 539 cm³/mol. The van der Waals surface area contributed by atoms with Crippen LogP contribution in [0.3, 0.4) is 0 Å². The van der Waals surface area contributed by atoms with E-state index in [1.54, 1.807) is 30.7 Å². The van der Waals surface area contributed by atoms with Crippen LogP contribution in [0, 0.1) is 35.5 Å². The SMILES string of the molecule is CCC(=O)C1CCC(CN2C(=O)CC(SCCNC(=O)CCCC(=O)OCC(OC)OC(CC)CO)C2=O)CC1.CCC(CO)OC(CO)OC.CCC(CO)OC(COC(=O)CCCC(=O)NCC(C)OC(=O)[C@H](Cc1ccccc1)NC(=O)[C@H](C)[C@@H](OC)[C@@H]1CCCN1C(=O)C[C@@H](OC)[C@H]([C@@H](C)CC)N(C)C(=O)[C@@H](NC(=O)[C@H](C(C)C)N(C)C)C(C)C)OC.CCC(CO)OC(COC(=O)CCCC(=O)O)OC. The quantitative estimate of drug-likeness (QED) is 0.0111. The van der Waals surface area contributed by atoms with Crippen LogP contribution in [0.25, 0.3) is 0 Å². The number of aliphatic carboxylic acids is 1. The molecule has 2 aliphatic heterocycles. The molecular formula is C102H178N8O34S. The van der Waals surface area contributed by atoms with E-state index in [1.165, 1.54) is 59.3 Å². The molecule has 0 radical (unpaired) electrons. The fourth-order valence-corrected chi connectivity index (χ4v) is 17.6. The summed E-state index contributed by atoms with van der Waals surface area (Å²) in [6.45, 7) is 24.5. The van der Waals surface area contributed by atoms with Gasteiger partial charge in [-0.25, -0.2) is 4.79 Å². The number of likely N-dealkylation sites (tertiary alicyclic amines) is 2. The van der Waals surface area contributed by atoms with E-state index in [1.807, 2.05) is 125 Å². The van der Waals surface area contributed by atoms with E-state index in [0.29, 0.717) is 89.0 Å². The van der Waals surface area contributed by atoms with Crippen LogP contribution in [0.2, 0.25) is 0 Å². The van der Waals surface area contributed by atoms with Crippen LogP contribution >= 0.6 is 11.8 Å². The van der Waals surface area contributed by atoms with E-state index >= 15 is 0 Å². The molecule has 43 heteroatoms. The van der Waals surface area contributed by atoms with Gasteiger partial charge in [0.1, 0.15) is 43.8 Å². The monoisotopic (exact) mass is 2090 g/mol. The van der Waals surface area contributed by atoms with Crippen molar-refractivity contribution in [3.05, 3.63) is 35.9 Å². The summed E-state index contributed by atoms with van der Waals surface area (Å²) in [7, 11) is 14.1. The van der Waals surface area contributed by atoms with Gasteiger partial charge in [0.15, 0.2) is 25.2 Å². The number of aliphatic hydroxyl groups is 5. The number of hydrogen-bond acceptors (Lipinski definition) is 35. The number of carbonyl (C=O) groups is 14. The average molecular weight is 2090 g/mol. The van der Waals surface area contributed by atoms with Gasteiger partial charge in [-0.2, -0.15) is 0 Å². The number of methoxy groups -OCH3 is 6. The van der Waals surface area contributed by atoms with Crippen LogP contribution in [-0.4, -0.2) is 385 Å². The Morgan fingerprint density at radius 2 is 1.03 bits per heavy atom. The number of carboxylic acid groups (broad SMARTS) is 1. The van der Waals surface area contributed by atoms with Crippen molar-refractivity contribution in [3.63, 3.8) is 0 Å². The lowest BCUT2D eigenvalue weighted by molar-refractivity contribution is -0.194. The lowest BCUT2D eigenvalue weighted by Crippen LogP contribution is -2.59. The second-order valence-corrected chi connectivity index (χ2v) is 38.6. The standard InChI is InChI=1S/C55H94N6O14.C28H46N2O9S.C12H22O7.C7H16O4/c1-16-36(7)50(60(12)54(68)48(34(3)4)58-53(67)49(35(5)6)59(10)11)43(70-13)30-45(64)61-28-22-25-42(61)51(72-15)38(9)52(66)57-41(29-39-23-19-18-20-24-39)55(69)74-37(8)31-56-44(63)26-21-27-46(65)73-33-47(71-14)75-40(17-2)32-62;1-4-21(17-31)39-27(37-3)18-38-26(35)8-6-7-24(33)29-13-14-40-23-15-25(34)30(28(23)36)16-19-9-11-20(12-10-19)22(32)5-2;1-3-9(7-13)19-12(17-2)8-18-11(16)6-4-5-10(14)15;1-3-6(4-8)11-7(5-9)10-2/h18-20,23-24,34-38,40-43,47-51,62H,16-17,21-22,25-33H2,1-15H3,(H,56,63)(H,57,66)(H,58,67);19-21,23,27,31H,4-18H2,1-3H3,(H,29,33);9,12-13H,3-8H2,1-2H3,(H,14,15);6-9H,3-5H2,1-2H3/t36-,37?,38+,40?,41-,42-,43+,47?,48-,49-,50-,51+;;;/m0.../s1. The van der Waals surface area contributed by atoms with Gasteiger partial charge in [0.2, 0.25) is 47.3 Å². The first-order valence-corrected chi connectivity index (χ1v) is 52.2. The van der Waals surface area contributed by atoms with E-state index in [2.05, 4.69) is 21.3 Å². The number of carboxylic acids is 1. The molecule has 1 saturated carbocycles. The van der Waals surface area contributed by atoms with E-state index < -0.39 is 133 Å². The molecule has 1 aromatic rings. The molecule has 2 saturated heterocycles. The van der Waals surface area contributed by atoms with E-state index in [0.717, 1.165) is 31.2 Å². The Hall–Kier alpha value is -8.09. The fourth-order valence-electron chi connectivity index (χ4n) is 16.6. The maximum absolute atomic E-state index is 14.5. The van der Waals surface area contributed by atoms with Crippen molar-refractivity contribution in [2.75, 3.05) is 149 Å². The number of amides is 8. The number of rotatable bonds is 71. The number of hydrogen-bond donors (Lipinski definition) is 10. The van der Waals surface area contributed by atoms with Crippen molar-refractivity contribution in [2.24, 2.45) is 35.5 Å². The van der Waals surface area contributed by atoms with Crippen LogP contribution in [0.1, 0.15) is 243 Å². The summed E-state index contributed by atoms with van der Waals surface area (Å²) in [6, 6.07) is 5.78. The van der Waals surface area contributed by atoms with Crippen molar-refractivity contribution >= 4 is 94.6 Å². The highest BCUT2D eigenvalue weighted by molar-refractivity contribution is 8.00. The molecule has 4 rings (SSSR count). The van der Waals surface area contributed by atoms with Crippen LogP contribution in [0.4, 0.5) is 0 Å². The normalized spacial score (nSPS) is 18.7. The van der Waals surface area contributed by atoms with Gasteiger partial charge in [0.05, 0.1) is 112 Å². The molecule has 0 bridgehead atoms. The van der Waals surface area contributed by atoms with Gasteiger partial charge >= 0.3 is 29.8 Å². The zero-order valence-corrected chi connectivity index (χ0v) is 91.0. The van der Waals surface area contributed by atoms with Crippen LogP contribution in [0.15, 0.2) is 30.3 Å². The molecule has 10 N–H and O–H groups in total. The minimum Gasteiger partial charge on any atom is -0.481 e. The smallest absolute Gasteiger partial charge is 0.329 e. The summed E-state index contributed by atoms with van der Waals surface area (Å²) < 4.78 is 74.6. The second kappa shape index (κ2) is 77.3. The molecule has 145 heavy (non-hydrogen) atoms. The summed E-state index contributed by atoms with van der Waals surface area (Å²) in [5.41, 5.74) is 0.771. The number of carbonyl (C=O) groups excluding carboxylic acids is 13. The molecule has 3 aliphatic rings. The minimum absolute atomic E-state index is 0.00787. The summed E-state index contributed by atoms with van der Waals surface area (Å²) in [5, 5.41) is 64.3. The first-order chi connectivity index (χ1) is 69.0. The van der Waals surface area contributed by atoms with Gasteiger partial charge in [0, 0.05) is 139 Å². The molecule has 836 valence electrons. The Labute approximate surface area is 862 Å². The number of ketones is 1. The van der Waals surface area contributed by atoms with Crippen molar-refractivity contribution in [3.8, 4) is 0 Å². The zero-order valence-electron chi connectivity index (χ0n) is 90.1. The lowest BCUT2D eigenvalue weighted by Gasteiger charge is -2.41. The largest absolute Gasteiger partial charge is 0.481 e. The summed E-state index contributed by atoms with van der Waals surface area (Å²) in [6.07, 6.45) is 2.85. The Kier molecular flexibility index (Phi) is 71.9. The average Bonchev–Trinajstić information content (AvgIpc) is 1.65. The van der Waals surface area contributed by atoms with Gasteiger partial charge < -0.3 is 128 Å². The van der Waals surface area contributed by atoms with E-state index in [9.17, 15) is 77.3 Å². The van der Waals surface area contributed by atoms with Crippen molar-refractivity contribution in [2.45, 2.75) is 347 Å². The number of nitrogens with one attached hydrogen (secondary N) is 4. The van der Waals surface area contributed by atoms with Crippen LogP contribution < -0.4 is 21.3 Å². The molecule has 8 amide bonds. The number of aliphatic hydroxyl groups excluding tert-OH is 5. The number of esters is 4. The number of thioether (sulfide) groups is 1. The molecule has 0 aromatic heterocycles. The second-order valence-electron chi connectivity index (χ2n) is 37.3. The molecule has 10 unspecified atom stereocenters. The number of nitrogens with zero attached hydrogens (tertiary/aromatic N) is 4. The summed E-state index contributed by atoms with van der Waals surface area (Å²) in [4.78, 5) is 185. The highest BCUT2D eigenvalue weighted by atomic mass is 32.2. The minimum atomic E-state index is -1.11. The molecule has 3 fully saturated rings. The maximum Gasteiger partial charge on any atom is 0.329 e. The molecule has 1 aromatic carbocycles. The van der Waals surface area contributed by atoms with Crippen LogP contribution in [0.5, 0.6) is 0 Å². The van der Waals surface area contributed by atoms with Gasteiger partial charge in [-0.1, -0.05) is 120 Å². The Balaban J connectivity index is 0.00000123. The molecule has 19 atom stereocenters. The fraction of sp³-hybridized carbons (Fsp3) is 0.804. The van der Waals surface area contributed by atoms with Gasteiger partial charge in [0.25, 0.3) is 0 Å².